The highest BCUT2D eigenvalue weighted by Gasteiger charge is 2.36. The molecule has 0 saturated carbocycles. The lowest BCUT2D eigenvalue weighted by Crippen LogP contribution is -2.58. The van der Waals surface area contributed by atoms with Crippen molar-refractivity contribution in [2.45, 2.75) is 51.5 Å². The van der Waals surface area contributed by atoms with Gasteiger partial charge in [0.25, 0.3) is 0 Å². The molecule has 1 amide bonds. The molecule has 0 aliphatic carbocycles. The predicted molar refractivity (Wildman–Crippen MR) is 107 cm³/mol. The van der Waals surface area contributed by atoms with Crippen LogP contribution in [0.5, 0.6) is 5.75 Å². The minimum Gasteiger partial charge on any atom is -0.493 e. The van der Waals surface area contributed by atoms with Crippen molar-refractivity contribution in [2.75, 3.05) is 26.4 Å². The van der Waals surface area contributed by atoms with Crippen molar-refractivity contribution in [1.29, 1.82) is 0 Å². The second-order valence-corrected chi connectivity index (χ2v) is 8.06. The number of ether oxygens (including phenoxy) is 2. The average molecular weight is 385 g/mol. The molecule has 1 aliphatic heterocycles. The first kappa shape index (κ1) is 22.7. The Morgan fingerprint density at radius 2 is 1.85 bits per heavy atom. The van der Waals surface area contributed by atoms with E-state index in [1.54, 1.807) is 0 Å². The number of halogens is 1. The van der Waals surface area contributed by atoms with E-state index in [1.807, 2.05) is 12.1 Å². The van der Waals surface area contributed by atoms with E-state index < -0.39 is 5.54 Å². The SMILES string of the molecule is CC(C)COc1ccc(C(C)(C)CNC(=O)C2(N)CCOCC2)cc1.Cl. The maximum absolute atomic E-state index is 12.5. The van der Waals surface area contributed by atoms with E-state index in [9.17, 15) is 4.79 Å². The monoisotopic (exact) mass is 384 g/mol. The van der Waals surface area contributed by atoms with Crippen LogP contribution in [-0.4, -0.2) is 37.8 Å². The molecule has 0 unspecified atom stereocenters. The highest BCUT2D eigenvalue weighted by atomic mass is 35.5. The Morgan fingerprint density at radius 1 is 1.27 bits per heavy atom. The molecule has 6 heteroatoms. The summed E-state index contributed by atoms with van der Waals surface area (Å²) in [5.41, 5.74) is 6.41. The Morgan fingerprint density at radius 3 is 2.38 bits per heavy atom. The highest BCUT2D eigenvalue weighted by molar-refractivity contribution is 5.86. The maximum Gasteiger partial charge on any atom is 0.240 e. The summed E-state index contributed by atoms with van der Waals surface area (Å²) in [7, 11) is 0. The third-order valence-electron chi connectivity index (χ3n) is 4.75. The summed E-state index contributed by atoms with van der Waals surface area (Å²) in [5, 5.41) is 3.04. The van der Waals surface area contributed by atoms with Gasteiger partial charge in [-0.15, -0.1) is 12.4 Å². The summed E-state index contributed by atoms with van der Waals surface area (Å²) >= 11 is 0. The van der Waals surface area contributed by atoms with Gasteiger partial charge in [-0.1, -0.05) is 39.8 Å². The molecule has 26 heavy (non-hydrogen) atoms. The normalized spacial score (nSPS) is 16.7. The molecule has 1 heterocycles. The quantitative estimate of drug-likeness (QED) is 0.757. The second kappa shape index (κ2) is 9.58. The molecular formula is C20H33ClN2O3. The third-order valence-corrected chi connectivity index (χ3v) is 4.75. The molecule has 0 radical (unpaired) electrons. The van der Waals surface area contributed by atoms with Gasteiger partial charge in [0, 0.05) is 25.2 Å². The Labute approximate surface area is 163 Å². The van der Waals surface area contributed by atoms with Crippen molar-refractivity contribution < 1.29 is 14.3 Å². The number of hydrogen-bond acceptors (Lipinski definition) is 4. The largest absolute Gasteiger partial charge is 0.493 e. The summed E-state index contributed by atoms with van der Waals surface area (Å²) < 4.78 is 11.0. The van der Waals surface area contributed by atoms with E-state index in [0.717, 1.165) is 11.3 Å². The molecule has 1 aliphatic rings. The maximum atomic E-state index is 12.5. The number of nitrogens with two attached hydrogens (primary N) is 1. The van der Waals surface area contributed by atoms with Crippen molar-refractivity contribution in [3.05, 3.63) is 29.8 Å². The summed E-state index contributed by atoms with van der Waals surface area (Å²) in [6.45, 7) is 10.8. The van der Waals surface area contributed by atoms with Gasteiger partial charge in [0.1, 0.15) is 5.75 Å². The molecule has 1 saturated heterocycles. The molecule has 0 bridgehead atoms. The molecule has 1 aromatic carbocycles. The number of carbonyl (C=O) groups is 1. The summed E-state index contributed by atoms with van der Waals surface area (Å²) in [5.74, 6) is 1.29. The number of carbonyl (C=O) groups excluding carboxylic acids is 1. The van der Waals surface area contributed by atoms with Crippen LogP contribution in [0.3, 0.4) is 0 Å². The number of nitrogens with one attached hydrogen (secondary N) is 1. The van der Waals surface area contributed by atoms with E-state index >= 15 is 0 Å². The summed E-state index contributed by atoms with van der Waals surface area (Å²) in [6, 6.07) is 8.11. The van der Waals surface area contributed by atoms with Crippen molar-refractivity contribution in [2.24, 2.45) is 11.7 Å². The molecule has 148 valence electrons. The topological polar surface area (TPSA) is 73.6 Å². The number of rotatable bonds is 7. The summed E-state index contributed by atoms with van der Waals surface area (Å²) in [6.07, 6.45) is 1.14. The predicted octanol–water partition coefficient (Wildman–Crippen LogP) is 3.04. The van der Waals surface area contributed by atoms with Crippen molar-refractivity contribution in [3.63, 3.8) is 0 Å². The number of benzene rings is 1. The Kier molecular flexibility index (Phi) is 8.38. The minimum absolute atomic E-state index is 0. The highest BCUT2D eigenvalue weighted by Crippen LogP contribution is 2.25. The Hall–Kier alpha value is -1.30. The van der Waals surface area contributed by atoms with Gasteiger partial charge in [0.15, 0.2) is 0 Å². The molecule has 1 aromatic rings. The first-order valence-corrected chi connectivity index (χ1v) is 9.11. The van der Waals surface area contributed by atoms with Crippen LogP contribution in [0, 0.1) is 5.92 Å². The smallest absolute Gasteiger partial charge is 0.240 e. The van der Waals surface area contributed by atoms with Gasteiger partial charge in [-0.05, 0) is 36.5 Å². The van der Waals surface area contributed by atoms with Gasteiger partial charge >= 0.3 is 0 Å². The van der Waals surface area contributed by atoms with Crippen molar-refractivity contribution >= 4 is 18.3 Å². The second-order valence-electron chi connectivity index (χ2n) is 8.06. The van der Waals surface area contributed by atoms with E-state index in [2.05, 4.69) is 45.1 Å². The van der Waals surface area contributed by atoms with Crippen LogP contribution in [0.15, 0.2) is 24.3 Å². The molecule has 2 rings (SSSR count). The molecule has 5 nitrogen and oxygen atoms in total. The molecule has 3 N–H and O–H groups in total. The molecule has 1 fully saturated rings. The molecular weight excluding hydrogens is 352 g/mol. The number of amides is 1. The lowest BCUT2D eigenvalue weighted by molar-refractivity contribution is -0.130. The zero-order valence-electron chi connectivity index (χ0n) is 16.3. The summed E-state index contributed by atoms with van der Waals surface area (Å²) in [4.78, 5) is 12.5. The van der Waals surface area contributed by atoms with Gasteiger partial charge in [-0.3, -0.25) is 4.79 Å². The van der Waals surface area contributed by atoms with E-state index in [4.69, 9.17) is 15.2 Å². The fourth-order valence-electron chi connectivity index (χ4n) is 2.81. The zero-order valence-corrected chi connectivity index (χ0v) is 17.2. The van der Waals surface area contributed by atoms with Crippen molar-refractivity contribution in [3.8, 4) is 5.75 Å². The van der Waals surface area contributed by atoms with Gasteiger partial charge in [-0.25, -0.2) is 0 Å². The van der Waals surface area contributed by atoms with Crippen molar-refractivity contribution in [1.82, 2.24) is 5.32 Å². The fraction of sp³-hybridized carbons (Fsp3) is 0.650. The first-order chi connectivity index (χ1) is 11.7. The van der Waals surface area contributed by atoms with Crippen LogP contribution in [0.25, 0.3) is 0 Å². The molecule has 0 atom stereocenters. The standard InChI is InChI=1S/C20H32N2O3.ClH/c1-15(2)13-25-17-7-5-16(6-8-17)19(3,4)14-22-18(23)20(21)9-11-24-12-10-20;/h5-8,15H,9-14,21H2,1-4H3,(H,22,23);1H. The van der Waals surface area contributed by atoms with Crippen LogP contribution >= 0.6 is 12.4 Å². The molecule has 0 aromatic heterocycles. The van der Waals surface area contributed by atoms with Gasteiger partial charge in [0.2, 0.25) is 5.91 Å². The van der Waals surface area contributed by atoms with Crippen LogP contribution in [0.2, 0.25) is 0 Å². The zero-order chi connectivity index (χ0) is 18.5. The van der Waals surface area contributed by atoms with E-state index in [0.29, 0.717) is 45.1 Å². The van der Waals surface area contributed by atoms with Crippen LogP contribution in [-0.2, 0) is 14.9 Å². The van der Waals surface area contributed by atoms with Gasteiger partial charge < -0.3 is 20.5 Å². The Bertz CT molecular complexity index is 567. The Balaban J connectivity index is 0.00000338. The average Bonchev–Trinajstić information content (AvgIpc) is 2.59. The first-order valence-electron chi connectivity index (χ1n) is 9.11. The van der Waals surface area contributed by atoms with Gasteiger partial charge in [-0.2, -0.15) is 0 Å². The van der Waals surface area contributed by atoms with E-state index in [1.165, 1.54) is 0 Å². The number of hydrogen-bond donors (Lipinski definition) is 2. The molecule has 0 spiro atoms. The van der Waals surface area contributed by atoms with Crippen LogP contribution in [0.4, 0.5) is 0 Å². The fourth-order valence-corrected chi connectivity index (χ4v) is 2.81. The van der Waals surface area contributed by atoms with E-state index in [-0.39, 0.29) is 23.7 Å². The minimum atomic E-state index is -0.803. The van der Waals surface area contributed by atoms with Crippen LogP contribution < -0.4 is 15.8 Å². The lowest BCUT2D eigenvalue weighted by atomic mass is 9.83. The lowest BCUT2D eigenvalue weighted by Gasteiger charge is -2.34. The van der Waals surface area contributed by atoms with Gasteiger partial charge in [0.05, 0.1) is 12.1 Å². The third kappa shape index (κ3) is 6.15. The van der Waals surface area contributed by atoms with Crippen LogP contribution in [0.1, 0.15) is 46.1 Å².